The van der Waals surface area contributed by atoms with Gasteiger partial charge in [-0.05, 0) is 19.1 Å². The summed E-state index contributed by atoms with van der Waals surface area (Å²) in [6.07, 6.45) is 0.547. The molecule has 1 aromatic carbocycles. The molecule has 1 heterocycles. The summed E-state index contributed by atoms with van der Waals surface area (Å²) in [6, 6.07) is 5.03. The van der Waals surface area contributed by atoms with Crippen molar-refractivity contribution in [2.75, 3.05) is 44.7 Å². The van der Waals surface area contributed by atoms with E-state index in [0.29, 0.717) is 43.5 Å². The summed E-state index contributed by atoms with van der Waals surface area (Å²) in [4.78, 5) is 16.3. The van der Waals surface area contributed by atoms with Crippen LogP contribution >= 0.6 is 23.2 Å². The standard InChI is InChI=1S/C16H22Cl2N2O4S/c1-12(24-14-5-3-4-13(17)15(14)18)16(21)20-8-6-19(7-9-20)10-11-25(2,22)23/h3-5,12H,6-11H2,1-2H3. The van der Waals surface area contributed by atoms with E-state index >= 15 is 0 Å². The van der Waals surface area contributed by atoms with Gasteiger partial charge in [-0.25, -0.2) is 8.42 Å². The molecule has 1 amide bonds. The van der Waals surface area contributed by atoms with E-state index < -0.39 is 15.9 Å². The minimum atomic E-state index is -2.97. The van der Waals surface area contributed by atoms with Crippen LogP contribution in [0.25, 0.3) is 0 Å². The van der Waals surface area contributed by atoms with Crippen molar-refractivity contribution in [3.8, 4) is 5.75 Å². The van der Waals surface area contributed by atoms with Crippen molar-refractivity contribution in [3.63, 3.8) is 0 Å². The van der Waals surface area contributed by atoms with Gasteiger partial charge in [0.25, 0.3) is 5.91 Å². The Balaban J connectivity index is 1.86. The summed E-state index contributed by atoms with van der Waals surface area (Å²) in [5, 5.41) is 0.660. The quantitative estimate of drug-likeness (QED) is 0.719. The molecule has 1 atom stereocenters. The molecular weight excluding hydrogens is 387 g/mol. The fourth-order valence-corrected chi connectivity index (χ4v) is 3.49. The van der Waals surface area contributed by atoms with Crippen LogP contribution in [0.5, 0.6) is 5.75 Å². The molecule has 1 aliphatic heterocycles. The van der Waals surface area contributed by atoms with E-state index in [0.717, 1.165) is 0 Å². The highest BCUT2D eigenvalue weighted by Crippen LogP contribution is 2.32. The van der Waals surface area contributed by atoms with Crippen LogP contribution in [-0.2, 0) is 14.6 Å². The monoisotopic (exact) mass is 408 g/mol. The first-order valence-corrected chi connectivity index (χ1v) is 10.8. The van der Waals surface area contributed by atoms with Crippen molar-refractivity contribution in [1.82, 2.24) is 9.80 Å². The molecule has 9 heteroatoms. The summed E-state index contributed by atoms with van der Waals surface area (Å²) in [5.41, 5.74) is 0. The van der Waals surface area contributed by atoms with Crippen molar-refractivity contribution in [3.05, 3.63) is 28.2 Å². The van der Waals surface area contributed by atoms with E-state index in [1.54, 1.807) is 30.0 Å². The summed E-state index contributed by atoms with van der Waals surface area (Å²) in [6.45, 7) is 4.54. The summed E-state index contributed by atoms with van der Waals surface area (Å²) in [7, 11) is -2.97. The lowest BCUT2D eigenvalue weighted by Crippen LogP contribution is -2.52. The Morgan fingerprint density at radius 2 is 1.88 bits per heavy atom. The van der Waals surface area contributed by atoms with Crippen molar-refractivity contribution >= 4 is 38.9 Å². The molecule has 0 spiro atoms. The molecule has 1 aliphatic rings. The van der Waals surface area contributed by atoms with Gasteiger partial charge in [-0.15, -0.1) is 0 Å². The Morgan fingerprint density at radius 1 is 1.24 bits per heavy atom. The SMILES string of the molecule is CC(Oc1cccc(Cl)c1Cl)C(=O)N1CCN(CCS(C)(=O)=O)CC1. The lowest BCUT2D eigenvalue weighted by Gasteiger charge is -2.35. The molecule has 2 rings (SSSR count). The van der Waals surface area contributed by atoms with Crippen molar-refractivity contribution in [1.29, 1.82) is 0 Å². The predicted octanol–water partition coefficient (Wildman–Crippen LogP) is 1.95. The molecule has 1 saturated heterocycles. The highest BCUT2D eigenvalue weighted by Gasteiger charge is 2.26. The number of hydrogen-bond donors (Lipinski definition) is 0. The fraction of sp³-hybridized carbons (Fsp3) is 0.562. The van der Waals surface area contributed by atoms with Gasteiger partial charge >= 0.3 is 0 Å². The number of hydrogen-bond acceptors (Lipinski definition) is 5. The molecule has 1 unspecified atom stereocenters. The number of amides is 1. The van der Waals surface area contributed by atoms with Crippen LogP contribution in [0, 0.1) is 0 Å². The molecule has 0 saturated carbocycles. The van der Waals surface area contributed by atoms with E-state index in [2.05, 4.69) is 0 Å². The number of carbonyl (C=O) groups is 1. The first-order valence-electron chi connectivity index (χ1n) is 7.97. The highest BCUT2D eigenvalue weighted by atomic mass is 35.5. The van der Waals surface area contributed by atoms with Crippen LogP contribution in [0.3, 0.4) is 0 Å². The number of benzene rings is 1. The van der Waals surface area contributed by atoms with Gasteiger partial charge in [0.1, 0.15) is 20.6 Å². The minimum Gasteiger partial charge on any atom is -0.479 e. The van der Waals surface area contributed by atoms with E-state index in [1.807, 2.05) is 4.90 Å². The zero-order chi connectivity index (χ0) is 18.6. The number of halogens is 2. The number of sulfone groups is 1. The maximum atomic E-state index is 12.5. The van der Waals surface area contributed by atoms with Gasteiger partial charge in [0, 0.05) is 39.0 Å². The molecule has 1 fully saturated rings. The summed E-state index contributed by atoms with van der Waals surface area (Å²) >= 11 is 12.0. The van der Waals surface area contributed by atoms with Crippen LogP contribution in [0.15, 0.2) is 18.2 Å². The summed E-state index contributed by atoms with van der Waals surface area (Å²) < 4.78 is 28.1. The average Bonchev–Trinajstić information content (AvgIpc) is 2.56. The number of carbonyl (C=O) groups excluding carboxylic acids is 1. The van der Waals surface area contributed by atoms with Gasteiger partial charge in [0.05, 0.1) is 10.8 Å². The molecular formula is C16H22Cl2N2O4S. The zero-order valence-electron chi connectivity index (χ0n) is 14.2. The number of piperazine rings is 1. The van der Waals surface area contributed by atoms with Crippen molar-refractivity contribution < 1.29 is 17.9 Å². The van der Waals surface area contributed by atoms with Gasteiger partial charge < -0.3 is 9.64 Å². The minimum absolute atomic E-state index is 0.126. The lowest BCUT2D eigenvalue weighted by molar-refractivity contribution is -0.139. The Bertz CT molecular complexity index is 719. The smallest absolute Gasteiger partial charge is 0.263 e. The topological polar surface area (TPSA) is 66.9 Å². The Kier molecular flexibility index (Phi) is 6.96. The Labute approximate surface area is 158 Å². The molecule has 6 nitrogen and oxygen atoms in total. The fourth-order valence-electron chi connectivity index (χ4n) is 2.56. The molecule has 0 radical (unpaired) electrons. The van der Waals surface area contributed by atoms with Crippen molar-refractivity contribution in [2.45, 2.75) is 13.0 Å². The first kappa shape index (κ1) is 20.3. The molecule has 0 N–H and O–H groups in total. The average molecular weight is 409 g/mol. The third-order valence-electron chi connectivity index (χ3n) is 4.03. The van der Waals surface area contributed by atoms with Crippen LogP contribution in [0.1, 0.15) is 6.92 Å². The molecule has 0 bridgehead atoms. The second kappa shape index (κ2) is 8.58. The normalized spacial score (nSPS) is 17.4. The number of nitrogens with zero attached hydrogens (tertiary/aromatic N) is 2. The molecule has 1 aromatic rings. The third kappa shape index (κ3) is 6.02. The maximum absolute atomic E-state index is 12.5. The Morgan fingerprint density at radius 3 is 2.48 bits per heavy atom. The number of ether oxygens (including phenoxy) is 1. The highest BCUT2D eigenvalue weighted by molar-refractivity contribution is 7.90. The zero-order valence-corrected chi connectivity index (χ0v) is 16.6. The van der Waals surface area contributed by atoms with E-state index in [1.165, 1.54) is 6.26 Å². The molecule has 140 valence electrons. The third-order valence-corrected chi connectivity index (χ3v) is 5.76. The van der Waals surface area contributed by atoms with E-state index in [-0.39, 0.29) is 16.7 Å². The predicted molar refractivity (Wildman–Crippen MR) is 99.3 cm³/mol. The van der Waals surface area contributed by atoms with Crippen LogP contribution in [0.2, 0.25) is 10.0 Å². The van der Waals surface area contributed by atoms with Crippen LogP contribution < -0.4 is 4.74 Å². The largest absolute Gasteiger partial charge is 0.479 e. The van der Waals surface area contributed by atoms with Gasteiger partial charge in [-0.2, -0.15) is 0 Å². The molecule has 25 heavy (non-hydrogen) atoms. The van der Waals surface area contributed by atoms with E-state index in [4.69, 9.17) is 27.9 Å². The van der Waals surface area contributed by atoms with E-state index in [9.17, 15) is 13.2 Å². The van der Waals surface area contributed by atoms with Gasteiger partial charge in [-0.3, -0.25) is 9.69 Å². The Hall–Kier alpha value is -1.02. The van der Waals surface area contributed by atoms with Gasteiger partial charge in [0.15, 0.2) is 6.10 Å². The van der Waals surface area contributed by atoms with Gasteiger partial charge in [-0.1, -0.05) is 29.3 Å². The number of rotatable bonds is 6. The van der Waals surface area contributed by atoms with Crippen LogP contribution in [-0.4, -0.2) is 75.0 Å². The maximum Gasteiger partial charge on any atom is 0.263 e. The van der Waals surface area contributed by atoms with Gasteiger partial charge in [0.2, 0.25) is 0 Å². The first-order chi connectivity index (χ1) is 11.7. The second-order valence-electron chi connectivity index (χ2n) is 6.11. The second-order valence-corrected chi connectivity index (χ2v) is 9.15. The van der Waals surface area contributed by atoms with Crippen LogP contribution in [0.4, 0.5) is 0 Å². The lowest BCUT2D eigenvalue weighted by atomic mass is 10.2. The molecule has 0 aromatic heterocycles. The van der Waals surface area contributed by atoms with Crippen molar-refractivity contribution in [2.24, 2.45) is 0 Å². The molecule has 0 aliphatic carbocycles. The summed E-state index contributed by atoms with van der Waals surface area (Å²) in [5.74, 6) is 0.383.